The Balaban J connectivity index is 1.72. The van der Waals surface area contributed by atoms with E-state index in [1.807, 2.05) is 48.7 Å². The summed E-state index contributed by atoms with van der Waals surface area (Å²) in [5.41, 5.74) is 3.62. The number of aromatic amines is 1. The van der Waals surface area contributed by atoms with Crippen molar-refractivity contribution in [1.82, 2.24) is 9.97 Å². The van der Waals surface area contributed by atoms with Crippen molar-refractivity contribution in [2.75, 3.05) is 14.2 Å². The van der Waals surface area contributed by atoms with Crippen LogP contribution in [-0.4, -0.2) is 24.2 Å². The maximum atomic E-state index is 12.9. The van der Waals surface area contributed by atoms with Crippen LogP contribution in [0.5, 0.6) is 11.5 Å². The van der Waals surface area contributed by atoms with Crippen LogP contribution in [0.15, 0.2) is 46.6 Å². The van der Waals surface area contributed by atoms with Crippen LogP contribution in [0.1, 0.15) is 17.0 Å². The summed E-state index contributed by atoms with van der Waals surface area (Å²) >= 11 is 7.60. The molecule has 2 aromatic carbocycles. The van der Waals surface area contributed by atoms with Crippen molar-refractivity contribution < 1.29 is 9.47 Å². The van der Waals surface area contributed by atoms with E-state index in [2.05, 4.69) is 9.97 Å². The van der Waals surface area contributed by atoms with E-state index in [0.717, 1.165) is 22.3 Å². The van der Waals surface area contributed by atoms with Gasteiger partial charge < -0.3 is 14.5 Å². The molecule has 148 valence electrons. The van der Waals surface area contributed by atoms with E-state index in [-0.39, 0.29) is 5.56 Å². The van der Waals surface area contributed by atoms with Crippen molar-refractivity contribution in [2.45, 2.75) is 13.3 Å². The van der Waals surface area contributed by atoms with Gasteiger partial charge in [0.25, 0.3) is 5.56 Å². The number of rotatable bonds is 5. The Hall–Kier alpha value is -2.83. The van der Waals surface area contributed by atoms with Crippen LogP contribution in [-0.2, 0) is 6.42 Å². The first-order valence-electron chi connectivity index (χ1n) is 8.98. The summed E-state index contributed by atoms with van der Waals surface area (Å²) in [6.07, 6.45) is 0.485. The molecule has 0 saturated carbocycles. The number of aromatic nitrogens is 2. The third-order valence-electron chi connectivity index (χ3n) is 4.78. The Morgan fingerprint density at radius 1 is 1.10 bits per heavy atom. The standard InChI is InChI=1S/C22H19ClN2O3S/c1-12-8-14(5-6-16(12)23)15-11-29-22-20(15)21(26)24-19(25-22)10-13-4-7-17(27-2)18(9-13)28-3/h4-9,11H,10H2,1-3H3,(H,24,25,26). The van der Waals surface area contributed by atoms with E-state index in [0.29, 0.717) is 39.0 Å². The number of hydrogen-bond donors (Lipinski definition) is 1. The van der Waals surface area contributed by atoms with Gasteiger partial charge in [0.15, 0.2) is 11.5 Å². The van der Waals surface area contributed by atoms with E-state index >= 15 is 0 Å². The Morgan fingerprint density at radius 3 is 2.62 bits per heavy atom. The quantitative estimate of drug-likeness (QED) is 0.475. The molecular weight excluding hydrogens is 408 g/mol. The molecule has 0 atom stereocenters. The van der Waals surface area contributed by atoms with Gasteiger partial charge in [-0.05, 0) is 47.9 Å². The number of nitrogens with zero attached hydrogens (tertiary/aromatic N) is 1. The predicted molar refractivity (Wildman–Crippen MR) is 118 cm³/mol. The van der Waals surface area contributed by atoms with Gasteiger partial charge in [-0.15, -0.1) is 11.3 Å². The number of benzene rings is 2. The number of nitrogens with one attached hydrogen (secondary N) is 1. The van der Waals surface area contributed by atoms with Crippen molar-refractivity contribution in [3.05, 3.63) is 74.1 Å². The van der Waals surface area contributed by atoms with Gasteiger partial charge in [0.2, 0.25) is 0 Å². The summed E-state index contributed by atoms with van der Waals surface area (Å²) < 4.78 is 10.6. The first-order chi connectivity index (χ1) is 14.0. The minimum atomic E-state index is -0.144. The lowest BCUT2D eigenvalue weighted by Crippen LogP contribution is -2.11. The molecule has 0 bridgehead atoms. The van der Waals surface area contributed by atoms with Crippen LogP contribution in [0.3, 0.4) is 0 Å². The maximum absolute atomic E-state index is 12.9. The second-order valence-electron chi connectivity index (χ2n) is 6.67. The van der Waals surface area contributed by atoms with Crippen LogP contribution in [0.4, 0.5) is 0 Å². The molecule has 1 N–H and O–H groups in total. The average molecular weight is 427 g/mol. The van der Waals surface area contributed by atoms with E-state index in [4.69, 9.17) is 21.1 Å². The number of halogens is 1. The first-order valence-corrected chi connectivity index (χ1v) is 10.2. The third kappa shape index (κ3) is 3.73. The first kappa shape index (κ1) is 19.5. The largest absolute Gasteiger partial charge is 0.493 e. The van der Waals surface area contributed by atoms with Crippen molar-refractivity contribution in [3.63, 3.8) is 0 Å². The number of hydrogen-bond acceptors (Lipinski definition) is 5. The molecule has 0 saturated heterocycles. The van der Waals surface area contributed by atoms with Gasteiger partial charge in [0.05, 0.1) is 19.6 Å². The van der Waals surface area contributed by atoms with E-state index in [9.17, 15) is 4.79 Å². The molecule has 7 heteroatoms. The number of H-pyrrole nitrogens is 1. The van der Waals surface area contributed by atoms with Crippen molar-refractivity contribution in [3.8, 4) is 22.6 Å². The Kier molecular flexibility index (Phi) is 5.30. The summed E-state index contributed by atoms with van der Waals surface area (Å²) in [5, 5.41) is 3.28. The van der Waals surface area contributed by atoms with Gasteiger partial charge in [-0.2, -0.15) is 0 Å². The number of aryl methyl sites for hydroxylation is 1. The molecule has 4 aromatic rings. The summed E-state index contributed by atoms with van der Waals surface area (Å²) in [6.45, 7) is 1.95. The highest BCUT2D eigenvalue weighted by molar-refractivity contribution is 7.17. The molecule has 2 heterocycles. The topological polar surface area (TPSA) is 64.2 Å². The Morgan fingerprint density at radius 2 is 1.90 bits per heavy atom. The molecule has 4 rings (SSSR count). The Labute approximate surface area is 176 Å². The highest BCUT2D eigenvalue weighted by Gasteiger charge is 2.14. The van der Waals surface area contributed by atoms with Crippen molar-refractivity contribution in [2.24, 2.45) is 0 Å². The van der Waals surface area contributed by atoms with Gasteiger partial charge in [-0.3, -0.25) is 4.79 Å². The Bertz CT molecular complexity index is 1260. The van der Waals surface area contributed by atoms with Crippen molar-refractivity contribution in [1.29, 1.82) is 0 Å². The molecule has 0 spiro atoms. The van der Waals surface area contributed by atoms with Crippen LogP contribution < -0.4 is 15.0 Å². The van der Waals surface area contributed by atoms with Crippen LogP contribution in [0.25, 0.3) is 21.3 Å². The lowest BCUT2D eigenvalue weighted by atomic mass is 10.0. The lowest BCUT2D eigenvalue weighted by Gasteiger charge is -2.09. The van der Waals surface area contributed by atoms with Crippen molar-refractivity contribution >= 4 is 33.2 Å². The smallest absolute Gasteiger partial charge is 0.260 e. The van der Waals surface area contributed by atoms with Crippen LogP contribution >= 0.6 is 22.9 Å². The summed E-state index contributed by atoms with van der Waals surface area (Å²) in [6, 6.07) is 11.4. The highest BCUT2D eigenvalue weighted by atomic mass is 35.5. The fourth-order valence-corrected chi connectivity index (χ4v) is 4.37. The second kappa shape index (κ2) is 7.89. The van der Waals surface area contributed by atoms with E-state index in [1.165, 1.54) is 11.3 Å². The zero-order valence-corrected chi connectivity index (χ0v) is 17.8. The molecule has 0 aliphatic heterocycles. The molecule has 0 unspecified atom stereocenters. The van der Waals surface area contributed by atoms with E-state index in [1.54, 1.807) is 14.2 Å². The number of methoxy groups -OCH3 is 2. The molecule has 0 aliphatic rings. The number of fused-ring (bicyclic) bond motifs is 1. The van der Waals surface area contributed by atoms with Gasteiger partial charge in [0, 0.05) is 22.4 Å². The summed E-state index contributed by atoms with van der Waals surface area (Å²) in [7, 11) is 3.19. The molecule has 29 heavy (non-hydrogen) atoms. The average Bonchev–Trinajstić information content (AvgIpc) is 3.14. The molecule has 0 radical (unpaired) electrons. The summed E-state index contributed by atoms with van der Waals surface area (Å²) in [4.78, 5) is 21.2. The normalized spacial score (nSPS) is 11.0. The highest BCUT2D eigenvalue weighted by Crippen LogP contribution is 2.33. The van der Waals surface area contributed by atoms with Gasteiger partial charge >= 0.3 is 0 Å². The zero-order chi connectivity index (χ0) is 20.5. The molecule has 0 fully saturated rings. The lowest BCUT2D eigenvalue weighted by molar-refractivity contribution is 0.354. The van der Waals surface area contributed by atoms with Crippen LogP contribution in [0.2, 0.25) is 5.02 Å². The van der Waals surface area contributed by atoms with E-state index < -0.39 is 0 Å². The molecule has 0 aliphatic carbocycles. The van der Waals surface area contributed by atoms with Gasteiger partial charge in [-0.1, -0.05) is 23.7 Å². The molecule has 5 nitrogen and oxygen atoms in total. The maximum Gasteiger partial charge on any atom is 0.260 e. The number of thiophene rings is 1. The SMILES string of the molecule is COc1ccc(Cc2nc3scc(-c4ccc(Cl)c(C)c4)c3c(=O)[nH]2)cc1OC. The fourth-order valence-electron chi connectivity index (χ4n) is 3.29. The monoisotopic (exact) mass is 426 g/mol. The third-order valence-corrected chi connectivity index (χ3v) is 6.08. The molecular formula is C22H19ClN2O3S. The zero-order valence-electron chi connectivity index (χ0n) is 16.2. The number of ether oxygens (including phenoxy) is 2. The molecule has 2 aromatic heterocycles. The minimum absolute atomic E-state index is 0.144. The fraction of sp³-hybridized carbons (Fsp3) is 0.182. The van der Waals surface area contributed by atoms with Gasteiger partial charge in [-0.25, -0.2) is 4.98 Å². The summed E-state index contributed by atoms with van der Waals surface area (Å²) in [5.74, 6) is 1.91. The van der Waals surface area contributed by atoms with Crippen LogP contribution in [0, 0.1) is 6.92 Å². The minimum Gasteiger partial charge on any atom is -0.493 e. The molecule has 0 amide bonds. The second-order valence-corrected chi connectivity index (χ2v) is 7.94. The predicted octanol–water partition coefficient (Wildman–Crippen LogP) is 5.22. The van der Waals surface area contributed by atoms with Gasteiger partial charge in [0.1, 0.15) is 10.7 Å².